The van der Waals surface area contributed by atoms with E-state index >= 15 is 0 Å². The lowest BCUT2D eigenvalue weighted by atomic mass is 10.2. The van der Waals surface area contributed by atoms with E-state index < -0.39 is 0 Å². The van der Waals surface area contributed by atoms with E-state index in [2.05, 4.69) is 39.2 Å². The SMILES string of the molecule is CCSc1nnc(-c2cccs2)n1CC1CCCO1. The number of ether oxygens (including phenoxy) is 1. The summed E-state index contributed by atoms with van der Waals surface area (Å²) < 4.78 is 7.97. The normalized spacial score (nSPS) is 19.1. The van der Waals surface area contributed by atoms with Gasteiger partial charge in [0.2, 0.25) is 0 Å². The molecule has 1 fully saturated rings. The van der Waals surface area contributed by atoms with Gasteiger partial charge in [0.1, 0.15) is 0 Å². The molecule has 0 saturated carbocycles. The van der Waals surface area contributed by atoms with E-state index in [1.165, 1.54) is 4.88 Å². The third-order valence-electron chi connectivity index (χ3n) is 3.14. The van der Waals surface area contributed by atoms with Gasteiger partial charge in [-0.2, -0.15) is 0 Å². The molecule has 1 aliphatic heterocycles. The van der Waals surface area contributed by atoms with Crippen LogP contribution in [-0.2, 0) is 11.3 Å². The molecule has 3 heterocycles. The highest BCUT2D eigenvalue weighted by Crippen LogP contribution is 2.28. The molecule has 0 aromatic carbocycles. The Morgan fingerprint density at radius 1 is 1.53 bits per heavy atom. The molecule has 1 unspecified atom stereocenters. The Morgan fingerprint density at radius 3 is 3.16 bits per heavy atom. The Bertz CT molecular complexity index is 518. The summed E-state index contributed by atoms with van der Waals surface area (Å²) in [6.07, 6.45) is 2.61. The molecular weight excluding hydrogens is 278 g/mol. The molecule has 2 aromatic heterocycles. The van der Waals surface area contributed by atoms with Crippen molar-refractivity contribution in [2.24, 2.45) is 0 Å². The standard InChI is InChI=1S/C13H17N3OS2/c1-2-18-13-15-14-12(11-6-4-8-19-11)16(13)9-10-5-3-7-17-10/h4,6,8,10H,2-3,5,7,9H2,1H3. The highest BCUT2D eigenvalue weighted by molar-refractivity contribution is 7.99. The summed E-state index contributed by atoms with van der Waals surface area (Å²) in [5, 5.41) is 11.8. The van der Waals surface area contributed by atoms with Crippen molar-refractivity contribution in [3.8, 4) is 10.7 Å². The number of aromatic nitrogens is 3. The average molecular weight is 295 g/mol. The lowest BCUT2D eigenvalue weighted by Crippen LogP contribution is -2.16. The monoisotopic (exact) mass is 295 g/mol. The average Bonchev–Trinajstić information content (AvgIpc) is 3.12. The molecule has 0 amide bonds. The lowest BCUT2D eigenvalue weighted by Gasteiger charge is -2.13. The Balaban J connectivity index is 1.90. The van der Waals surface area contributed by atoms with Gasteiger partial charge in [-0.15, -0.1) is 21.5 Å². The van der Waals surface area contributed by atoms with Crippen LogP contribution in [0.4, 0.5) is 0 Å². The summed E-state index contributed by atoms with van der Waals surface area (Å²) in [6, 6.07) is 4.15. The van der Waals surface area contributed by atoms with Gasteiger partial charge in [-0.25, -0.2) is 0 Å². The van der Waals surface area contributed by atoms with E-state index in [1.807, 2.05) is 0 Å². The molecule has 0 aliphatic carbocycles. The second-order valence-electron chi connectivity index (χ2n) is 4.46. The fourth-order valence-electron chi connectivity index (χ4n) is 2.27. The van der Waals surface area contributed by atoms with E-state index in [0.717, 1.165) is 42.7 Å². The maximum absolute atomic E-state index is 5.75. The van der Waals surface area contributed by atoms with Crippen LogP contribution < -0.4 is 0 Å². The summed E-state index contributed by atoms with van der Waals surface area (Å²) in [7, 11) is 0. The highest BCUT2D eigenvalue weighted by Gasteiger charge is 2.21. The van der Waals surface area contributed by atoms with Crippen LogP contribution in [0, 0.1) is 0 Å². The van der Waals surface area contributed by atoms with Gasteiger partial charge in [0.15, 0.2) is 11.0 Å². The maximum Gasteiger partial charge on any atom is 0.191 e. The minimum atomic E-state index is 0.311. The molecule has 0 bridgehead atoms. The minimum Gasteiger partial charge on any atom is -0.376 e. The zero-order chi connectivity index (χ0) is 13.1. The lowest BCUT2D eigenvalue weighted by molar-refractivity contribution is 0.0953. The predicted octanol–water partition coefficient (Wildman–Crippen LogP) is 3.30. The van der Waals surface area contributed by atoms with Gasteiger partial charge in [-0.1, -0.05) is 24.8 Å². The van der Waals surface area contributed by atoms with Crippen LogP contribution in [0.1, 0.15) is 19.8 Å². The number of thioether (sulfide) groups is 1. The number of hydrogen-bond donors (Lipinski definition) is 0. The van der Waals surface area contributed by atoms with Crippen molar-refractivity contribution in [2.75, 3.05) is 12.4 Å². The van der Waals surface area contributed by atoms with Crippen molar-refractivity contribution >= 4 is 23.1 Å². The summed E-state index contributed by atoms with van der Waals surface area (Å²) in [5.74, 6) is 1.98. The quantitative estimate of drug-likeness (QED) is 0.794. The maximum atomic E-state index is 5.75. The van der Waals surface area contributed by atoms with E-state index in [9.17, 15) is 0 Å². The van der Waals surface area contributed by atoms with E-state index in [0.29, 0.717) is 6.10 Å². The Kier molecular flexibility index (Phi) is 4.20. The van der Waals surface area contributed by atoms with Gasteiger partial charge in [-0.05, 0) is 30.0 Å². The molecule has 0 radical (unpaired) electrons. The van der Waals surface area contributed by atoms with Gasteiger partial charge in [0.25, 0.3) is 0 Å². The van der Waals surface area contributed by atoms with E-state index in [-0.39, 0.29) is 0 Å². The first kappa shape index (κ1) is 13.1. The largest absolute Gasteiger partial charge is 0.376 e. The van der Waals surface area contributed by atoms with Gasteiger partial charge in [-0.3, -0.25) is 4.57 Å². The van der Waals surface area contributed by atoms with Crippen LogP contribution in [0.3, 0.4) is 0 Å². The first-order chi connectivity index (χ1) is 9.38. The fourth-order valence-corrected chi connectivity index (χ4v) is 3.66. The van der Waals surface area contributed by atoms with Crippen molar-refractivity contribution < 1.29 is 4.74 Å². The first-order valence-electron chi connectivity index (χ1n) is 6.60. The molecule has 0 spiro atoms. The number of thiophene rings is 1. The van der Waals surface area contributed by atoms with E-state index in [4.69, 9.17) is 4.74 Å². The molecule has 1 aliphatic rings. The van der Waals surface area contributed by atoms with Crippen LogP contribution in [0.25, 0.3) is 10.7 Å². The fraction of sp³-hybridized carbons (Fsp3) is 0.538. The van der Waals surface area contributed by atoms with Crippen LogP contribution in [0.5, 0.6) is 0 Å². The Labute approximate surface area is 121 Å². The number of nitrogens with zero attached hydrogens (tertiary/aromatic N) is 3. The molecule has 102 valence electrons. The highest BCUT2D eigenvalue weighted by atomic mass is 32.2. The topological polar surface area (TPSA) is 39.9 Å². The molecule has 3 rings (SSSR count). The number of rotatable bonds is 5. The summed E-state index contributed by atoms with van der Waals surface area (Å²) in [4.78, 5) is 1.17. The van der Waals surface area contributed by atoms with Crippen LogP contribution in [0.15, 0.2) is 22.7 Å². The second kappa shape index (κ2) is 6.07. The molecule has 2 aromatic rings. The summed E-state index contributed by atoms with van der Waals surface area (Å²) in [6.45, 7) is 3.89. The first-order valence-corrected chi connectivity index (χ1v) is 8.46. The third-order valence-corrected chi connectivity index (χ3v) is 4.86. The van der Waals surface area contributed by atoms with Crippen LogP contribution >= 0.6 is 23.1 Å². The predicted molar refractivity (Wildman–Crippen MR) is 78.7 cm³/mol. The molecule has 4 nitrogen and oxygen atoms in total. The summed E-state index contributed by atoms with van der Waals surface area (Å²) >= 11 is 3.45. The van der Waals surface area contributed by atoms with Crippen LogP contribution in [0.2, 0.25) is 0 Å². The molecule has 19 heavy (non-hydrogen) atoms. The third kappa shape index (κ3) is 2.85. The van der Waals surface area contributed by atoms with Crippen molar-refractivity contribution in [1.29, 1.82) is 0 Å². The Hall–Kier alpha value is -0.850. The van der Waals surface area contributed by atoms with Gasteiger partial charge >= 0.3 is 0 Å². The van der Waals surface area contributed by atoms with Crippen molar-refractivity contribution in [1.82, 2.24) is 14.8 Å². The molecule has 1 saturated heterocycles. The van der Waals surface area contributed by atoms with E-state index in [1.54, 1.807) is 23.1 Å². The number of hydrogen-bond acceptors (Lipinski definition) is 5. The van der Waals surface area contributed by atoms with Crippen molar-refractivity contribution in [2.45, 2.75) is 37.6 Å². The van der Waals surface area contributed by atoms with Crippen LogP contribution in [-0.4, -0.2) is 33.2 Å². The minimum absolute atomic E-state index is 0.311. The van der Waals surface area contributed by atoms with Crippen molar-refractivity contribution in [3.05, 3.63) is 17.5 Å². The molecular formula is C13H17N3OS2. The van der Waals surface area contributed by atoms with Gasteiger partial charge in [0.05, 0.1) is 17.5 Å². The van der Waals surface area contributed by atoms with Gasteiger partial charge < -0.3 is 4.74 Å². The zero-order valence-corrected chi connectivity index (χ0v) is 12.5. The zero-order valence-electron chi connectivity index (χ0n) is 10.9. The molecule has 1 atom stereocenters. The molecule has 0 N–H and O–H groups in total. The van der Waals surface area contributed by atoms with Crippen molar-refractivity contribution in [3.63, 3.8) is 0 Å². The smallest absolute Gasteiger partial charge is 0.191 e. The van der Waals surface area contributed by atoms with Gasteiger partial charge in [0, 0.05) is 6.61 Å². The molecule has 6 heteroatoms. The summed E-state index contributed by atoms with van der Waals surface area (Å²) in [5.41, 5.74) is 0. The Morgan fingerprint density at radius 2 is 2.47 bits per heavy atom. The second-order valence-corrected chi connectivity index (χ2v) is 6.64.